The van der Waals surface area contributed by atoms with E-state index in [9.17, 15) is 0 Å². The molecule has 0 fully saturated rings. The molecular weight excluding hydrogens is 238 g/mol. The minimum atomic E-state index is 0.614. The van der Waals surface area contributed by atoms with Crippen molar-refractivity contribution in [3.8, 4) is 11.6 Å². The van der Waals surface area contributed by atoms with Crippen LogP contribution in [0.3, 0.4) is 0 Å². The number of aromatic nitrogens is 1. The first-order valence-corrected chi connectivity index (χ1v) is 6.24. The lowest BCUT2D eigenvalue weighted by Crippen LogP contribution is -2.08. The number of rotatable bonds is 5. The van der Waals surface area contributed by atoms with Crippen molar-refractivity contribution < 1.29 is 4.74 Å². The van der Waals surface area contributed by atoms with Gasteiger partial charge in [-0.25, -0.2) is 4.98 Å². The minimum Gasteiger partial charge on any atom is -0.439 e. The van der Waals surface area contributed by atoms with Crippen LogP contribution in [0.2, 0.25) is 0 Å². The smallest absolute Gasteiger partial charge is 0.219 e. The number of hydrogen-bond acceptors (Lipinski definition) is 4. The number of hydrogen-bond donors (Lipinski definition) is 1. The molecule has 0 aliphatic heterocycles. The summed E-state index contributed by atoms with van der Waals surface area (Å²) in [4.78, 5) is 6.27. The Balaban J connectivity index is 2.16. The van der Waals surface area contributed by atoms with E-state index in [4.69, 9.17) is 4.74 Å². The van der Waals surface area contributed by atoms with Gasteiger partial charge in [0.1, 0.15) is 5.75 Å². The van der Waals surface area contributed by atoms with Crippen LogP contribution < -0.4 is 15.0 Å². The fraction of sp³-hybridized carbons (Fsp3) is 0.267. The lowest BCUT2D eigenvalue weighted by molar-refractivity contribution is 0.462. The van der Waals surface area contributed by atoms with Crippen LogP contribution in [0, 0.1) is 0 Å². The molecule has 19 heavy (non-hydrogen) atoms. The van der Waals surface area contributed by atoms with Gasteiger partial charge in [0.25, 0.3) is 0 Å². The van der Waals surface area contributed by atoms with Gasteiger partial charge in [0.05, 0.1) is 0 Å². The Hall–Kier alpha value is -2.07. The fourth-order valence-corrected chi connectivity index (χ4v) is 1.77. The topological polar surface area (TPSA) is 37.4 Å². The Morgan fingerprint density at radius 1 is 1.21 bits per heavy atom. The summed E-state index contributed by atoms with van der Waals surface area (Å²) in [6, 6.07) is 11.9. The third kappa shape index (κ3) is 3.69. The first kappa shape index (κ1) is 13.4. The van der Waals surface area contributed by atoms with Crippen LogP contribution in [0.1, 0.15) is 5.56 Å². The summed E-state index contributed by atoms with van der Waals surface area (Å²) in [5.74, 6) is 1.41. The van der Waals surface area contributed by atoms with Crippen molar-refractivity contribution >= 4 is 5.69 Å². The van der Waals surface area contributed by atoms with Crippen molar-refractivity contribution in [2.24, 2.45) is 0 Å². The fourth-order valence-electron chi connectivity index (χ4n) is 1.77. The molecule has 0 aliphatic rings. The third-order valence-corrected chi connectivity index (χ3v) is 2.74. The highest BCUT2D eigenvalue weighted by Crippen LogP contribution is 2.24. The summed E-state index contributed by atoms with van der Waals surface area (Å²) in [6.45, 7) is 0.802. The largest absolute Gasteiger partial charge is 0.439 e. The molecule has 0 unspecified atom stereocenters. The Labute approximate surface area is 114 Å². The molecule has 2 rings (SSSR count). The lowest BCUT2D eigenvalue weighted by Gasteiger charge is -2.13. The monoisotopic (exact) mass is 257 g/mol. The van der Waals surface area contributed by atoms with Crippen molar-refractivity contribution in [1.29, 1.82) is 0 Å². The Bertz CT molecular complexity index is 540. The quantitative estimate of drug-likeness (QED) is 0.893. The van der Waals surface area contributed by atoms with E-state index in [2.05, 4.69) is 10.3 Å². The van der Waals surface area contributed by atoms with Crippen LogP contribution in [-0.4, -0.2) is 26.1 Å². The normalized spacial score (nSPS) is 10.3. The zero-order chi connectivity index (χ0) is 13.7. The van der Waals surface area contributed by atoms with Crippen LogP contribution in [0.25, 0.3) is 0 Å². The second-order valence-corrected chi connectivity index (χ2v) is 4.53. The number of nitrogens with one attached hydrogen (secondary N) is 1. The number of ether oxygens (including phenoxy) is 1. The van der Waals surface area contributed by atoms with E-state index in [0.717, 1.165) is 23.5 Å². The van der Waals surface area contributed by atoms with Crippen molar-refractivity contribution in [1.82, 2.24) is 10.3 Å². The molecule has 0 saturated carbocycles. The molecule has 0 saturated heterocycles. The van der Waals surface area contributed by atoms with E-state index >= 15 is 0 Å². The van der Waals surface area contributed by atoms with E-state index in [0.29, 0.717) is 5.88 Å². The maximum Gasteiger partial charge on any atom is 0.219 e. The van der Waals surface area contributed by atoms with Gasteiger partial charge in [-0.1, -0.05) is 6.07 Å². The molecule has 100 valence electrons. The molecule has 4 nitrogen and oxygen atoms in total. The number of benzene rings is 1. The number of anilines is 1. The maximum absolute atomic E-state index is 5.79. The molecule has 1 aromatic heterocycles. The van der Waals surface area contributed by atoms with Crippen LogP contribution in [0.15, 0.2) is 42.6 Å². The predicted molar refractivity (Wildman–Crippen MR) is 77.8 cm³/mol. The second-order valence-electron chi connectivity index (χ2n) is 4.53. The number of nitrogens with zero attached hydrogens (tertiary/aromatic N) is 2. The average molecular weight is 257 g/mol. The van der Waals surface area contributed by atoms with Crippen LogP contribution in [-0.2, 0) is 6.54 Å². The highest BCUT2D eigenvalue weighted by atomic mass is 16.5. The van der Waals surface area contributed by atoms with E-state index in [1.165, 1.54) is 0 Å². The van der Waals surface area contributed by atoms with Gasteiger partial charge in [-0.2, -0.15) is 0 Å². The SMILES string of the molecule is CNCc1ccnc(Oc2cccc(N(C)C)c2)c1. The van der Waals surface area contributed by atoms with Crippen LogP contribution in [0.4, 0.5) is 5.69 Å². The van der Waals surface area contributed by atoms with Gasteiger partial charge in [0.2, 0.25) is 5.88 Å². The second kappa shape index (κ2) is 6.20. The summed E-state index contributed by atoms with van der Waals surface area (Å²) < 4.78 is 5.79. The highest BCUT2D eigenvalue weighted by molar-refractivity contribution is 5.50. The first-order valence-electron chi connectivity index (χ1n) is 6.24. The standard InChI is InChI=1S/C15H19N3O/c1-16-11-12-7-8-17-15(9-12)19-14-6-4-5-13(10-14)18(2)3/h4-10,16H,11H2,1-3H3. The molecule has 0 atom stereocenters. The summed E-state index contributed by atoms with van der Waals surface area (Å²) in [5, 5.41) is 3.11. The van der Waals surface area contributed by atoms with E-state index in [-0.39, 0.29) is 0 Å². The zero-order valence-electron chi connectivity index (χ0n) is 11.6. The maximum atomic E-state index is 5.79. The van der Waals surface area contributed by atoms with Crippen LogP contribution >= 0.6 is 0 Å². The lowest BCUT2D eigenvalue weighted by atomic mass is 10.2. The summed E-state index contributed by atoms with van der Waals surface area (Å²) in [5.41, 5.74) is 2.25. The van der Waals surface area contributed by atoms with Crippen molar-refractivity contribution in [3.63, 3.8) is 0 Å². The Morgan fingerprint density at radius 3 is 2.79 bits per heavy atom. The van der Waals surface area contributed by atoms with Gasteiger partial charge in [0, 0.05) is 44.7 Å². The molecule has 0 aliphatic carbocycles. The van der Waals surface area contributed by atoms with Crippen molar-refractivity contribution in [3.05, 3.63) is 48.2 Å². The Kier molecular flexibility index (Phi) is 4.36. The number of pyridine rings is 1. The molecule has 1 heterocycles. The van der Waals surface area contributed by atoms with E-state index in [1.807, 2.05) is 62.4 Å². The van der Waals surface area contributed by atoms with E-state index < -0.39 is 0 Å². The molecule has 4 heteroatoms. The molecular formula is C15H19N3O. The molecule has 2 aromatic rings. The summed E-state index contributed by atoms with van der Waals surface area (Å²) >= 11 is 0. The summed E-state index contributed by atoms with van der Waals surface area (Å²) in [6.07, 6.45) is 1.76. The minimum absolute atomic E-state index is 0.614. The summed E-state index contributed by atoms with van der Waals surface area (Å²) in [7, 11) is 5.93. The van der Waals surface area contributed by atoms with Gasteiger partial charge in [-0.15, -0.1) is 0 Å². The van der Waals surface area contributed by atoms with Gasteiger partial charge < -0.3 is 15.0 Å². The molecule has 0 amide bonds. The van der Waals surface area contributed by atoms with Gasteiger partial charge >= 0.3 is 0 Å². The van der Waals surface area contributed by atoms with Gasteiger partial charge in [-0.05, 0) is 30.8 Å². The van der Waals surface area contributed by atoms with Crippen molar-refractivity contribution in [2.75, 3.05) is 26.0 Å². The van der Waals surface area contributed by atoms with Crippen molar-refractivity contribution in [2.45, 2.75) is 6.54 Å². The molecule has 0 spiro atoms. The van der Waals surface area contributed by atoms with E-state index in [1.54, 1.807) is 6.20 Å². The first-order chi connectivity index (χ1) is 9.19. The molecule has 0 radical (unpaired) electrons. The zero-order valence-corrected chi connectivity index (χ0v) is 11.6. The van der Waals surface area contributed by atoms with Gasteiger partial charge in [-0.3, -0.25) is 0 Å². The molecule has 0 bridgehead atoms. The average Bonchev–Trinajstić information content (AvgIpc) is 2.40. The predicted octanol–water partition coefficient (Wildman–Crippen LogP) is 2.66. The molecule has 1 aromatic carbocycles. The highest BCUT2D eigenvalue weighted by Gasteiger charge is 2.02. The Morgan fingerprint density at radius 2 is 2.05 bits per heavy atom. The van der Waals surface area contributed by atoms with Gasteiger partial charge in [0.15, 0.2) is 0 Å². The molecule has 1 N–H and O–H groups in total. The third-order valence-electron chi connectivity index (χ3n) is 2.74. The van der Waals surface area contributed by atoms with Crippen LogP contribution in [0.5, 0.6) is 11.6 Å².